The molecule has 0 fully saturated rings. The second kappa shape index (κ2) is 4.25. The quantitative estimate of drug-likeness (QED) is 0.740. The number of benzene rings is 1. The minimum absolute atomic E-state index is 0.121. The average molecular weight is 181 g/mol. The van der Waals surface area contributed by atoms with Crippen LogP contribution < -0.4 is 5.73 Å². The molecule has 1 rings (SSSR count). The molecule has 3 heteroatoms. The highest BCUT2D eigenvalue weighted by Crippen LogP contribution is 2.20. The SMILES string of the molecule is COCC(N)c1ccc(O)c(C)c1. The van der Waals surface area contributed by atoms with E-state index in [2.05, 4.69) is 0 Å². The first-order valence-electron chi connectivity index (χ1n) is 4.19. The minimum atomic E-state index is -0.121. The van der Waals surface area contributed by atoms with E-state index in [9.17, 15) is 5.11 Å². The van der Waals surface area contributed by atoms with Crippen LogP contribution in [0.3, 0.4) is 0 Å². The topological polar surface area (TPSA) is 55.5 Å². The van der Waals surface area contributed by atoms with Crippen molar-refractivity contribution in [3.63, 3.8) is 0 Å². The highest BCUT2D eigenvalue weighted by molar-refractivity contribution is 5.36. The number of hydrogen-bond acceptors (Lipinski definition) is 3. The highest BCUT2D eigenvalue weighted by Gasteiger charge is 2.06. The average Bonchev–Trinajstić information content (AvgIpc) is 2.10. The molecule has 0 spiro atoms. The monoisotopic (exact) mass is 181 g/mol. The number of rotatable bonds is 3. The zero-order valence-electron chi connectivity index (χ0n) is 7.95. The number of aryl methyl sites for hydroxylation is 1. The maximum atomic E-state index is 9.28. The van der Waals surface area contributed by atoms with E-state index >= 15 is 0 Å². The van der Waals surface area contributed by atoms with Gasteiger partial charge in [-0.1, -0.05) is 12.1 Å². The number of aromatic hydroxyl groups is 1. The van der Waals surface area contributed by atoms with Gasteiger partial charge in [0.2, 0.25) is 0 Å². The molecule has 0 heterocycles. The molecule has 1 aromatic carbocycles. The van der Waals surface area contributed by atoms with Crippen molar-refractivity contribution >= 4 is 0 Å². The first kappa shape index (κ1) is 10.0. The van der Waals surface area contributed by atoms with E-state index in [-0.39, 0.29) is 6.04 Å². The number of phenols is 1. The molecule has 1 atom stereocenters. The Morgan fingerprint density at radius 2 is 2.23 bits per heavy atom. The summed E-state index contributed by atoms with van der Waals surface area (Å²) in [5, 5.41) is 9.28. The van der Waals surface area contributed by atoms with Gasteiger partial charge < -0.3 is 15.6 Å². The molecule has 3 N–H and O–H groups in total. The van der Waals surface area contributed by atoms with E-state index in [1.165, 1.54) is 0 Å². The van der Waals surface area contributed by atoms with Gasteiger partial charge in [-0.15, -0.1) is 0 Å². The lowest BCUT2D eigenvalue weighted by atomic mass is 10.1. The molecule has 13 heavy (non-hydrogen) atoms. The molecule has 0 saturated heterocycles. The van der Waals surface area contributed by atoms with Crippen LogP contribution in [0.5, 0.6) is 5.75 Å². The number of ether oxygens (including phenoxy) is 1. The van der Waals surface area contributed by atoms with Crippen LogP contribution >= 0.6 is 0 Å². The third-order valence-electron chi connectivity index (χ3n) is 2.00. The molecule has 0 radical (unpaired) electrons. The lowest BCUT2D eigenvalue weighted by molar-refractivity contribution is 0.181. The first-order chi connectivity index (χ1) is 6.15. The molecule has 0 aliphatic carbocycles. The summed E-state index contributed by atoms with van der Waals surface area (Å²) in [6, 6.07) is 5.22. The molecule has 72 valence electrons. The third kappa shape index (κ3) is 2.44. The molecular formula is C10H15NO2. The van der Waals surface area contributed by atoms with E-state index in [4.69, 9.17) is 10.5 Å². The first-order valence-corrected chi connectivity index (χ1v) is 4.19. The summed E-state index contributed by atoms with van der Waals surface area (Å²) in [5.74, 6) is 0.299. The van der Waals surface area contributed by atoms with Crippen molar-refractivity contribution in [2.75, 3.05) is 13.7 Å². The van der Waals surface area contributed by atoms with Crippen molar-refractivity contribution < 1.29 is 9.84 Å². The van der Waals surface area contributed by atoms with Gasteiger partial charge in [0.25, 0.3) is 0 Å². The van der Waals surface area contributed by atoms with E-state index in [1.54, 1.807) is 13.2 Å². The van der Waals surface area contributed by atoms with Gasteiger partial charge in [-0.05, 0) is 24.1 Å². The van der Waals surface area contributed by atoms with Gasteiger partial charge in [0.05, 0.1) is 12.6 Å². The second-order valence-corrected chi connectivity index (χ2v) is 3.11. The van der Waals surface area contributed by atoms with Crippen LogP contribution in [-0.4, -0.2) is 18.8 Å². The molecular weight excluding hydrogens is 166 g/mol. The Morgan fingerprint density at radius 1 is 1.54 bits per heavy atom. The molecule has 0 saturated carbocycles. The van der Waals surface area contributed by atoms with Gasteiger partial charge in [-0.3, -0.25) is 0 Å². The van der Waals surface area contributed by atoms with E-state index in [1.807, 2.05) is 19.1 Å². The Hall–Kier alpha value is -1.06. The van der Waals surface area contributed by atoms with E-state index in [0.29, 0.717) is 12.4 Å². The maximum Gasteiger partial charge on any atom is 0.118 e. The van der Waals surface area contributed by atoms with Crippen LogP contribution in [0.25, 0.3) is 0 Å². The van der Waals surface area contributed by atoms with E-state index < -0.39 is 0 Å². The fourth-order valence-corrected chi connectivity index (χ4v) is 1.19. The standard InChI is InChI=1S/C10H15NO2/c1-7-5-8(3-4-10(7)12)9(11)6-13-2/h3-5,9,12H,6,11H2,1-2H3. The van der Waals surface area contributed by atoms with Crippen molar-refractivity contribution in [2.24, 2.45) is 5.73 Å². The number of hydrogen-bond donors (Lipinski definition) is 2. The van der Waals surface area contributed by atoms with Crippen molar-refractivity contribution in [1.29, 1.82) is 0 Å². The Morgan fingerprint density at radius 3 is 2.77 bits per heavy atom. The minimum Gasteiger partial charge on any atom is -0.508 e. The molecule has 0 aromatic heterocycles. The Balaban J connectivity index is 2.84. The van der Waals surface area contributed by atoms with Crippen molar-refractivity contribution in [3.05, 3.63) is 29.3 Å². The Kier molecular flexibility index (Phi) is 3.28. The van der Waals surface area contributed by atoms with Crippen LogP contribution in [0.2, 0.25) is 0 Å². The molecule has 0 bridgehead atoms. The van der Waals surface area contributed by atoms with Crippen molar-refractivity contribution in [2.45, 2.75) is 13.0 Å². The third-order valence-corrected chi connectivity index (χ3v) is 2.00. The van der Waals surface area contributed by atoms with Gasteiger partial charge in [0.15, 0.2) is 0 Å². The fraction of sp³-hybridized carbons (Fsp3) is 0.400. The van der Waals surface area contributed by atoms with Gasteiger partial charge in [-0.2, -0.15) is 0 Å². The fourth-order valence-electron chi connectivity index (χ4n) is 1.19. The number of nitrogens with two attached hydrogens (primary N) is 1. The van der Waals surface area contributed by atoms with Crippen LogP contribution in [0.15, 0.2) is 18.2 Å². The lowest BCUT2D eigenvalue weighted by Crippen LogP contribution is -2.15. The summed E-state index contributed by atoms with van der Waals surface area (Å²) >= 11 is 0. The Labute approximate surface area is 78.1 Å². The van der Waals surface area contributed by atoms with Gasteiger partial charge in [0, 0.05) is 7.11 Å². The van der Waals surface area contributed by atoms with Crippen molar-refractivity contribution in [3.8, 4) is 5.75 Å². The van der Waals surface area contributed by atoms with Gasteiger partial charge in [-0.25, -0.2) is 0 Å². The second-order valence-electron chi connectivity index (χ2n) is 3.11. The smallest absolute Gasteiger partial charge is 0.118 e. The molecule has 0 aliphatic heterocycles. The largest absolute Gasteiger partial charge is 0.508 e. The number of methoxy groups -OCH3 is 1. The summed E-state index contributed by atoms with van der Waals surface area (Å²) in [7, 11) is 1.62. The molecule has 1 aromatic rings. The van der Waals surface area contributed by atoms with Crippen LogP contribution in [0, 0.1) is 6.92 Å². The summed E-state index contributed by atoms with van der Waals surface area (Å²) in [6.45, 7) is 2.34. The molecule has 0 aliphatic rings. The predicted octanol–water partition coefficient (Wildman–Crippen LogP) is 1.35. The normalized spacial score (nSPS) is 12.8. The summed E-state index contributed by atoms with van der Waals surface area (Å²) in [4.78, 5) is 0. The van der Waals surface area contributed by atoms with Crippen molar-refractivity contribution in [1.82, 2.24) is 0 Å². The summed E-state index contributed by atoms with van der Waals surface area (Å²) in [6.07, 6.45) is 0. The van der Waals surface area contributed by atoms with Crippen LogP contribution in [0.4, 0.5) is 0 Å². The summed E-state index contributed by atoms with van der Waals surface area (Å²) in [5.41, 5.74) is 7.64. The van der Waals surface area contributed by atoms with Crippen LogP contribution in [0.1, 0.15) is 17.2 Å². The summed E-state index contributed by atoms with van der Waals surface area (Å²) < 4.78 is 4.94. The highest BCUT2D eigenvalue weighted by atomic mass is 16.5. The van der Waals surface area contributed by atoms with Crippen LogP contribution in [-0.2, 0) is 4.74 Å². The zero-order valence-corrected chi connectivity index (χ0v) is 7.95. The molecule has 0 amide bonds. The predicted molar refractivity (Wildman–Crippen MR) is 51.6 cm³/mol. The number of phenolic OH excluding ortho intramolecular Hbond substituents is 1. The lowest BCUT2D eigenvalue weighted by Gasteiger charge is -2.11. The van der Waals surface area contributed by atoms with E-state index in [0.717, 1.165) is 11.1 Å². The van der Waals surface area contributed by atoms with Gasteiger partial charge in [0.1, 0.15) is 5.75 Å². The molecule has 3 nitrogen and oxygen atoms in total. The molecule has 1 unspecified atom stereocenters. The van der Waals surface area contributed by atoms with Gasteiger partial charge >= 0.3 is 0 Å². The Bertz CT molecular complexity index is 286. The maximum absolute atomic E-state index is 9.28. The zero-order chi connectivity index (χ0) is 9.84.